The van der Waals surface area contributed by atoms with E-state index < -0.39 is 17.5 Å². The molecule has 3 N–H and O–H groups in total. The number of carboxylic acids is 1. The number of benzene rings is 2. The largest absolute Gasteiger partial charge is 0.491 e. The molecule has 3 rings (SSSR count). The second kappa shape index (κ2) is 13.1. The first kappa shape index (κ1) is 27.3. The SMILES string of the molecule is CC1(N=Nc2ccc(OC(=O)c3ccccc3)cc2OCCCC(=O)O)C=CC(C(=O)NCCO)=CC1. The van der Waals surface area contributed by atoms with Crippen LogP contribution in [0.4, 0.5) is 5.69 Å². The van der Waals surface area contributed by atoms with E-state index in [0.717, 1.165) is 0 Å². The molecule has 0 saturated carbocycles. The predicted molar refractivity (Wildman–Crippen MR) is 135 cm³/mol. The molecule has 1 atom stereocenters. The highest BCUT2D eigenvalue weighted by Crippen LogP contribution is 2.35. The molecule has 1 amide bonds. The number of aliphatic hydroxyl groups is 1. The Morgan fingerprint density at radius 2 is 1.92 bits per heavy atom. The van der Waals surface area contributed by atoms with Gasteiger partial charge in [-0.25, -0.2) is 4.79 Å². The van der Waals surface area contributed by atoms with Gasteiger partial charge in [-0.05, 0) is 44.0 Å². The molecule has 0 aliphatic heterocycles. The zero-order valence-electron chi connectivity index (χ0n) is 20.4. The lowest BCUT2D eigenvalue weighted by Crippen LogP contribution is -2.29. The summed E-state index contributed by atoms with van der Waals surface area (Å²) in [6, 6.07) is 13.2. The maximum atomic E-state index is 12.4. The summed E-state index contributed by atoms with van der Waals surface area (Å²) in [5.74, 6) is -1.20. The van der Waals surface area contributed by atoms with Crippen molar-refractivity contribution in [3.05, 3.63) is 77.9 Å². The van der Waals surface area contributed by atoms with Crippen molar-refractivity contribution < 1.29 is 34.1 Å². The first-order valence-electron chi connectivity index (χ1n) is 11.8. The highest BCUT2D eigenvalue weighted by atomic mass is 16.5. The maximum Gasteiger partial charge on any atom is 0.343 e. The molecule has 0 spiro atoms. The third kappa shape index (κ3) is 8.39. The van der Waals surface area contributed by atoms with Crippen molar-refractivity contribution in [3.63, 3.8) is 0 Å². The van der Waals surface area contributed by atoms with Gasteiger partial charge in [0.1, 0.15) is 22.7 Å². The number of carbonyl (C=O) groups is 3. The van der Waals surface area contributed by atoms with E-state index >= 15 is 0 Å². The number of ether oxygens (including phenoxy) is 2. The van der Waals surface area contributed by atoms with Crippen LogP contribution in [0.25, 0.3) is 0 Å². The summed E-state index contributed by atoms with van der Waals surface area (Å²) in [7, 11) is 0. The van der Waals surface area contributed by atoms with E-state index in [1.165, 1.54) is 6.07 Å². The van der Waals surface area contributed by atoms with E-state index in [9.17, 15) is 14.4 Å². The monoisotopic (exact) mass is 507 g/mol. The Morgan fingerprint density at radius 3 is 2.59 bits per heavy atom. The summed E-state index contributed by atoms with van der Waals surface area (Å²) in [6.45, 7) is 2.01. The van der Waals surface area contributed by atoms with Crippen LogP contribution in [0.15, 0.2) is 82.6 Å². The van der Waals surface area contributed by atoms with Crippen LogP contribution < -0.4 is 14.8 Å². The van der Waals surface area contributed by atoms with Crippen LogP contribution >= 0.6 is 0 Å². The van der Waals surface area contributed by atoms with Crippen LogP contribution in [0.5, 0.6) is 11.5 Å². The van der Waals surface area contributed by atoms with Crippen molar-refractivity contribution in [2.45, 2.75) is 31.7 Å². The lowest BCUT2D eigenvalue weighted by Gasteiger charge is -2.22. The van der Waals surface area contributed by atoms with Crippen LogP contribution in [0.2, 0.25) is 0 Å². The molecule has 194 valence electrons. The molecule has 0 aromatic heterocycles. The highest BCUT2D eigenvalue weighted by molar-refractivity contribution is 5.96. The number of carbonyl (C=O) groups excluding carboxylic acids is 2. The number of nitrogens with zero attached hydrogens (tertiary/aromatic N) is 2. The van der Waals surface area contributed by atoms with Crippen LogP contribution in [0, 0.1) is 0 Å². The number of amides is 1. The van der Waals surface area contributed by atoms with Gasteiger partial charge < -0.3 is 25.0 Å². The van der Waals surface area contributed by atoms with E-state index in [-0.39, 0.29) is 50.0 Å². The fourth-order valence-corrected chi connectivity index (χ4v) is 3.31. The third-order valence-electron chi connectivity index (χ3n) is 5.35. The Balaban J connectivity index is 1.75. The molecule has 2 aromatic carbocycles. The topological polar surface area (TPSA) is 147 Å². The summed E-state index contributed by atoms with van der Waals surface area (Å²) >= 11 is 0. The van der Waals surface area contributed by atoms with Crippen molar-refractivity contribution in [2.24, 2.45) is 10.2 Å². The average molecular weight is 508 g/mol. The normalized spacial score (nSPS) is 16.8. The van der Waals surface area contributed by atoms with Crippen LogP contribution in [-0.4, -0.2) is 53.4 Å². The number of rotatable bonds is 12. The van der Waals surface area contributed by atoms with Crippen molar-refractivity contribution in [2.75, 3.05) is 19.8 Å². The number of aliphatic carboxylic acids is 1. The van der Waals surface area contributed by atoms with E-state index in [4.69, 9.17) is 19.7 Å². The quantitative estimate of drug-likeness (QED) is 0.170. The number of azo groups is 1. The van der Waals surface area contributed by atoms with Gasteiger partial charge in [-0.3, -0.25) is 9.59 Å². The molecule has 37 heavy (non-hydrogen) atoms. The second-order valence-electron chi connectivity index (χ2n) is 8.46. The summed E-state index contributed by atoms with van der Waals surface area (Å²) in [5, 5.41) is 29.1. The fourth-order valence-electron chi connectivity index (χ4n) is 3.31. The first-order chi connectivity index (χ1) is 17.8. The average Bonchev–Trinajstić information content (AvgIpc) is 2.90. The van der Waals surface area contributed by atoms with Crippen molar-refractivity contribution >= 4 is 23.5 Å². The number of hydrogen-bond acceptors (Lipinski definition) is 8. The van der Waals surface area contributed by atoms with Crippen LogP contribution in [-0.2, 0) is 9.59 Å². The third-order valence-corrected chi connectivity index (χ3v) is 5.35. The van der Waals surface area contributed by atoms with Crippen molar-refractivity contribution in [1.82, 2.24) is 5.32 Å². The van der Waals surface area contributed by atoms with Gasteiger partial charge in [0.05, 0.1) is 18.8 Å². The lowest BCUT2D eigenvalue weighted by atomic mass is 9.91. The molecule has 1 aliphatic carbocycles. The summed E-state index contributed by atoms with van der Waals surface area (Å²) in [4.78, 5) is 35.3. The molecule has 10 heteroatoms. The molecule has 0 radical (unpaired) electrons. The number of esters is 1. The van der Waals surface area contributed by atoms with Crippen molar-refractivity contribution in [3.8, 4) is 11.5 Å². The number of aliphatic hydroxyl groups excluding tert-OH is 1. The van der Waals surface area contributed by atoms with Gasteiger partial charge >= 0.3 is 11.9 Å². The van der Waals surface area contributed by atoms with E-state index in [1.54, 1.807) is 60.7 Å². The fraction of sp³-hybridized carbons (Fsp3) is 0.296. The lowest BCUT2D eigenvalue weighted by molar-refractivity contribution is -0.137. The van der Waals surface area contributed by atoms with Crippen molar-refractivity contribution in [1.29, 1.82) is 0 Å². The summed E-state index contributed by atoms with van der Waals surface area (Å²) < 4.78 is 11.2. The van der Waals surface area contributed by atoms with Gasteiger partial charge in [0, 0.05) is 24.6 Å². The smallest absolute Gasteiger partial charge is 0.343 e. The molecular weight excluding hydrogens is 478 g/mol. The van der Waals surface area contributed by atoms with Gasteiger partial charge in [-0.2, -0.15) is 10.2 Å². The minimum absolute atomic E-state index is 0.0526. The zero-order valence-corrected chi connectivity index (χ0v) is 20.4. The predicted octanol–water partition coefficient (Wildman–Crippen LogP) is 3.99. The number of hydrogen-bond donors (Lipinski definition) is 3. The Kier molecular flexibility index (Phi) is 9.68. The molecule has 0 heterocycles. The number of nitrogens with one attached hydrogen (secondary N) is 1. The van der Waals surface area contributed by atoms with Gasteiger partial charge in [-0.1, -0.05) is 36.4 Å². The van der Waals surface area contributed by atoms with E-state index in [1.807, 2.05) is 6.92 Å². The van der Waals surface area contributed by atoms with Crippen LogP contribution in [0.3, 0.4) is 0 Å². The van der Waals surface area contributed by atoms with Crippen LogP contribution in [0.1, 0.15) is 36.5 Å². The van der Waals surface area contributed by atoms with E-state index in [2.05, 4.69) is 15.5 Å². The highest BCUT2D eigenvalue weighted by Gasteiger charge is 2.24. The molecule has 2 aromatic rings. The number of carboxylic acid groups (broad SMARTS) is 1. The minimum atomic E-state index is -0.927. The Morgan fingerprint density at radius 1 is 1.14 bits per heavy atom. The standard InChI is InChI=1S/C27H29N3O7/c1-27(13-11-19(12-14-27)25(34)28-15-16-31)30-29-22-10-9-21(18-23(22)36-17-5-8-24(32)33)37-26(35)20-6-3-2-4-7-20/h2-4,6-7,9-13,18,31H,5,8,14-17H2,1H3,(H,28,34)(H,32,33). The molecular formula is C27H29N3O7. The van der Waals surface area contributed by atoms with Gasteiger partial charge in [-0.15, -0.1) is 0 Å². The Labute approximate surface area is 214 Å². The van der Waals surface area contributed by atoms with Gasteiger partial charge in [0.25, 0.3) is 5.91 Å². The minimum Gasteiger partial charge on any atom is -0.491 e. The van der Waals surface area contributed by atoms with E-state index in [0.29, 0.717) is 23.2 Å². The maximum absolute atomic E-state index is 12.4. The molecule has 1 unspecified atom stereocenters. The molecule has 1 aliphatic rings. The Bertz CT molecular complexity index is 1210. The van der Waals surface area contributed by atoms with Gasteiger partial charge in [0.15, 0.2) is 0 Å². The molecule has 0 saturated heterocycles. The first-order valence-corrected chi connectivity index (χ1v) is 11.8. The molecule has 10 nitrogen and oxygen atoms in total. The Hall–Kier alpha value is -4.31. The van der Waals surface area contributed by atoms with Gasteiger partial charge in [0.2, 0.25) is 0 Å². The summed E-state index contributed by atoms with van der Waals surface area (Å²) in [5.41, 5.74) is 0.539. The summed E-state index contributed by atoms with van der Waals surface area (Å²) in [6.07, 6.45) is 5.84. The second-order valence-corrected chi connectivity index (χ2v) is 8.46. The molecule has 0 bridgehead atoms. The zero-order chi connectivity index (χ0) is 26.7. The molecule has 0 fully saturated rings.